The van der Waals surface area contributed by atoms with Gasteiger partial charge in [-0.05, 0) is 72.0 Å². The first-order valence-electron chi connectivity index (χ1n) is 11.7. The molecule has 8 heteroatoms. The lowest BCUT2D eigenvalue weighted by atomic mass is 10.00. The molecule has 1 aromatic heterocycles. The Labute approximate surface area is 208 Å². The molecule has 0 aliphatic heterocycles. The number of nitrogens with two attached hydrogens (primary N) is 1. The van der Waals surface area contributed by atoms with Gasteiger partial charge in [-0.3, -0.25) is 9.59 Å². The van der Waals surface area contributed by atoms with Crippen LogP contribution in [0.2, 0.25) is 0 Å². The van der Waals surface area contributed by atoms with E-state index in [4.69, 9.17) is 10.5 Å². The number of aliphatic hydroxyl groups is 1. The largest absolute Gasteiger partial charge is 0.493 e. The SMILES string of the molecule is CCCOc1ccc(-c2ccc(C(N)=O)cc2)cc1C(=O)NC(CO)Cc1c[nH]c2ccc(F)cc12. The van der Waals surface area contributed by atoms with Crippen LogP contribution >= 0.6 is 0 Å². The molecule has 4 rings (SSSR count). The third-order valence-electron chi connectivity index (χ3n) is 5.94. The zero-order valence-electron chi connectivity index (χ0n) is 19.9. The normalized spacial score (nSPS) is 11.9. The van der Waals surface area contributed by atoms with Crippen LogP contribution in [0.4, 0.5) is 4.39 Å². The summed E-state index contributed by atoms with van der Waals surface area (Å²) in [4.78, 5) is 27.8. The van der Waals surface area contributed by atoms with Crippen molar-refractivity contribution in [3.05, 3.63) is 89.4 Å². The molecule has 1 heterocycles. The van der Waals surface area contributed by atoms with E-state index in [-0.39, 0.29) is 12.4 Å². The molecular formula is C28H28FN3O4. The van der Waals surface area contributed by atoms with Gasteiger partial charge in [-0.1, -0.05) is 25.1 Å². The maximum absolute atomic E-state index is 13.8. The Morgan fingerprint density at radius 2 is 1.83 bits per heavy atom. The Kier molecular flexibility index (Phi) is 7.65. The van der Waals surface area contributed by atoms with Crippen molar-refractivity contribution in [2.75, 3.05) is 13.2 Å². The van der Waals surface area contributed by atoms with Crippen LogP contribution in [0.1, 0.15) is 39.6 Å². The van der Waals surface area contributed by atoms with E-state index in [9.17, 15) is 19.1 Å². The van der Waals surface area contributed by atoms with Crippen molar-refractivity contribution in [2.45, 2.75) is 25.8 Å². The summed E-state index contributed by atoms with van der Waals surface area (Å²) in [5, 5.41) is 13.6. The van der Waals surface area contributed by atoms with Gasteiger partial charge in [0.1, 0.15) is 11.6 Å². The van der Waals surface area contributed by atoms with Gasteiger partial charge in [0.2, 0.25) is 5.91 Å². The van der Waals surface area contributed by atoms with Gasteiger partial charge in [0.25, 0.3) is 5.91 Å². The predicted molar refractivity (Wildman–Crippen MR) is 136 cm³/mol. The molecule has 5 N–H and O–H groups in total. The van der Waals surface area contributed by atoms with Gasteiger partial charge in [-0.2, -0.15) is 0 Å². The number of aromatic amines is 1. The fourth-order valence-electron chi connectivity index (χ4n) is 4.06. The van der Waals surface area contributed by atoms with Gasteiger partial charge in [0.05, 0.1) is 24.8 Å². The van der Waals surface area contributed by atoms with Crippen LogP contribution in [0.3, 0.4) is 0 Å². The van der Waals surface area contributed by atoms with Crippen LogP contribution in [-0.4, -0.2) is 41.2 Å². The second kappa shape index (κ2) is 11.0. The third-order valence-corrected chi connectivity index (χ3v) is 5.94. The lowest BCUT2D eigenvalue weighted by Crippen LogP contribution is -2.39. The van der Waals surface area contributed by atoms with Crippen molar-refractivity contribution in [1.29, 1.82) is 0 Å². The molecule has 3 aromatic carbocycles. The summed E-state index contributed by atoms with van der Waals surface area (Å²) in [5.74, 6) is -0.844. The average Bonchev–Trinajstić information content (AvgIpc) is 3.28. The number of benzene rings is 3. The quantitative estimate of drug-likeness (QED) is 0.267. The summed E-state index contributed by atoms with van der Waals surface area (Å²) < 4.78 is 19.6. The van der Waals surface area contributed by atoms with E-state index in [1.165, 1.54) is 12.1 Å². The lowest BCUT2D eigenvalue weighted by Gasteiger charge is -2.18. The number of H-pyrrole nitrogens is 1. The van der Waals surface area contributed by atoms with Gasteiger partial charge in [0.15, 0.2) is 0 Å². The maximum atomic E-state index is 13.8. The second-order valence-electron chi connectivity index (χ2n) is 8.56. The minimum atomic E-state index is -0.600. The molecule has 0 saturated heterocycles. The molecule has 1 unspecified atom stereocenters. The number of aliphatic hydroxyl groups excluding tert-OH is 1. The van der Waals surface area contributed by atoms with Crippen LogP contribution in [0.5, 0.6) is 5.75 Å². The molecule has 0 radical (unpaired) electrons. The first-order chi connectivity index (χ1) is 17.4. The fourth-order valence-corrected chi connectivity index (χ4v) is 4.06. The molecule has 0 spiro atoms. The summed E-state index contributed by atoms with van der Waals surface area (Å²) in [6.07, 6.45) is 2.84. The number of ether oxygens (including phenoxy) is 1. The molecule has 0 aliphatic rings. The maximum Gasteiger partial charge on any atom is 0.255 e. The van der Waals surface area contributed by atoms with Crippen LogP contribution in [0.25, 0.3) is 22.0 Å². The predicted octanol–water partition coefficient (Wildman–Crippen LogP) is 4.20. The summed E-state index contributed by atoms with van der Waals surface area (Å²) in [5.41, 5.74) is 9.17. The molecule has 36 heavy (non-hydrogen) atoms. The molecule has 186 valence electrons. The Hall–Kier alpha value is -4.17. The van der Waals surface area contributed by atoms with Gasteiger partial charge >= 0.3 is 0 Å². The van der Waals surface area contributed by atoms with Crippen LogP contribution in [0, 0.1) is 5.82 Å². The lowest BCUT2D eigenvalue weighted by molar-refractivity contribution is 0.0911. The van der Waals surface area contributed by atoms with Crippen molar-refractivity contribution in [2.24, 2.45) is 5.73 Å². The van der Waals surface area contributed by atoms with E-state index in [0.717, 1.165) is 28.6 Å². The third kappa shape index (κ3) is 5.55. The van der Waals surface area contributed by atoms with E-state index in [2.05, 4.69) is 10.3 Å². The number of rotatable bonds is 10. The number of hydrogen-bond acceptors (Lipinski definition) is 4. The zero-order chi connectivity index (χ0) is 25.7. The van der Waals surface area contributed by atoms with Crippen LogP contribution in [0.15, 0.2) is 66.9 Å². The number of halogens is 1. The number of nitrogens with one attached hydrogen (secondary N) is 2. The number of amides is 2. The standard InChI is InChI=1S/C28H28FN3O4/c1-2-11-36-26-10-7-19(17-3-5-18(6-4-17)27(30)34)13-24(26)28(35)32-22(16-33)12-20-15-31-25-9-8-21(29)14-23(20)25/h3-10,13-15,22,31,33H,2,11-12,16H2,1H3,(H2,30,34)(H,32,35). The molecule has 1 atom stereocenters. The van der Waals surface area contributed by atoms with Crippen molar-refractivity contribution in [1.82, 2.24) is 10.3 Å². The van der Waals surface area contributed by atoms with E-state index < -0.39 is 17.9 Å². The van der Waals surface area contributed by atoms with Crippen molar-refractivity contribution >= 4 is 22.7 Å². The molecule has 0 aliphatic carbocycles. The minimum Gasteiger partial charge on any atom is -0.493 e. The summed E-state index contributed by atoms with van der Waals surface area (Å²) in [6.45, 7) is 2.12. The zero-order valence-corrected chi connectivity index (χ0v) is 19.9. The number of hydrogen-bond donors (Lipinski definition) is 4. The fraction of sp³-hybridized carbons (Fsp3) is 0.214. The van der Waals surface area contributed by atoms with E-state index in [0.29, 0.717) is 35.3 Å². The summed E-state index contributed by atoms with van der Waals surface area (Å²) >= 11 is 0. The van der Waals surface area contributed by atoms with Gasteiger partial charge in [0, 0.05) is 22.7 Å². The molecule has 4 aromatic rings. The van der Waals surface area contributed by atoms with Crippen molar-refractivity contribution in [3.8, 4) is 16.9 Å². The summed E-state index contributed by atoms with van der Waals surface area (Å²) in [6, 6.07) is 15.9. The van der Waals surface area contributed by atoms with Gasteiger partial charge in [-0.15, -0.1) is 0 Å². The minimum absolute atomic E-state index is 0.298. The monoisotopic (exact) mass is 489 g/mol. The average molecular weight is 490 g/mol. The highest BCUT2D eigenvalue weighted by Gasteiger charge is 2.20. The van der Waals surface area contributed by atoms with E-state index in [1.807, 2.05) is 13.0 Å². The highest BCUT2D eigenvalue weighted by atomic mass is 19.1. The van der Waals surface area contributed by atoms with Gasteiger partial charge in [-0.25, -0.2) is 4.39 Å². The van der Waals surface area contributed by atoms with Crippen molar-refractivity contribution in [3.63, 3.8) is 0 Å². The second-order valence-corrected chi connectivity index (χ2v) is 8.56. The van der Waals surface area contributed by atoms with Crippen LogP contribution < -0.4 is 15.8 Å². The Morgan fingerprint density at radius 1 is 1.08 bits per heavy atom. The first-order valence-corrected chi connectivity index (χ1v) is 11.7. The Bertz CT molecular complexity index is 1380. The van der Waals surface area contributed by atoms with Gasteiger partial charge < -0.3 is 25.9 Å². The number of fused-ring (bicyclic) bond motifs is 1. The molecule has 0 bridgehead atoms. The summed E-state index contributed by atoms with van der Waals surface area (Å²) in [7, 11) is 0. The van der Waals surface area contributed by atoms with Crippen LogP contribution in [-0.2, 0) is 6.42 Å². The molecule has 2 amide bonds. The first kappa shape index (κ1) is 24.9. The molecular weight excluding hydrogens is 461 g/mol. The highest BCUT2D eigenvalue weighted by molar-refractivity contribution is 5.99. The van der Waals surface area contributed by atoms with E-state index >= 15 is 0 Å². The molecule has 7 nitrogen and oxygen atoms in total. The Balaban J connectivity index is 1.59. The number of aromatic nitrogens is 1. The molecule has 0 saturated carbocycles. The van der Waals surface area contributed by atoms with E-state index in [1.54, 1.807) is 48.7 Å². The number of carbonyl (C=O) groups is 2. The van der Waals surface area contributed by atoms with Crippen molar-refractivity contribution < 1.29 is 23.8 Å². The number of primary amides is 1. The smallest absolute Gasteiger partial charge is 0.255 e. The highest BCUT2D eigenvalue weighted by Crippen LogP contribution is 2.28. The molecule has 0 fully saturated rings. The topological polar surface area (TPSA) is 117 Å². The Morgan fingerprint density at radius 3 is 2.53 bits per heavy atom. The number of carbonyl (C=O) groups excluding carboxylic acids is 2.